The summed E-state index contributed by atoms with van der Waals surface area (Å²) in [5.74, 6) is 1.10. The summed E-state index contributed by atoms with van der Waals surface area (Å²) in [5.41, 5.74) is 9.75. The maximum absolute atomic E-state index is 7.54. The molecule has 1 fully saturated rings. The van der Waals surface area contributed by atoms with Crippen molar-refractivity contribution in [1.29, 1.82) is 5.41 Å². The van der Waals surface area contributed by atoms with Gasteiger partial charge in [0.15, 0.2) is 0 Å². The second-order valence-electron chi connectivity index (χ2n) is 6.84. The first-order valence-electron chi connectivity index (χ1n) is 9.69. The van der Waals surface area contributed by atoms with Crippen LogP contribution < -0.4 is 20.7 Å². The van der Waals surface area contributed by atoms with Crippen LogP contribution in [0.1, 0.15) is 5.56 Å². The van der Waals surface area contributed by atoms with E-state index >= 15 is 0 Å². The monoisotopic (exact) mass is 404 g/mol. The maximum Gasteiger partial charge on any atom is 0.227 e. The van der Waals surface area contributed by atoms with Gasteiger partial charge in [-0.15, -0.1) is 0 Å². The molecule has 8 heteroatoms. The molecule has 0 spiro atoms. The molecule has 1 aliphatic rings. The summed E-state index contributed by atoms with van der Waals surface area (Å²) in [6.07, 6.45) is 4.32. The Hall–Kier alpha value is -3.65. The fourth-order valence-corrected chi connectivity index (χ4v) is 3.44. The Labute approximate surface area is 174 Å². The van der Waals surface area contributed by atoms with Crippen molar-refractivity contribution in [2.75, 3.05) is 43.6 Å². The number of morpholine rings is 1. The van der Waals surface area contributed by atoms with Gasteiger partial charge in [-0.25, -0.2) is 9.97 Å². The summed E-state index contributed by atoms with van der Waals surface area (Å²) in [4.78, 5) is 11.3. The predicted octanol–water partition coefficient (Wildman–Crippen LogP) is 3.17. The fraction of sp³-hybridized carbons (Fsp3) is 0.227. The van der Waals surface area contributed by atoms with Crippen LogP contribution in [0, 0.1) is 5.41 Å². The molecule has 2 aromatic carbocycles. The summed E-state index contributed by atoms with van der Waals surface area (Å²) in [7, 11) is 1.58. The zero-order valence-electron chi connectivity index (χ0n) is 16.8. The van der Waals surface area contributed by atoms with E-state index in [0.29, 0.717) is 17.3 Å². The SMILES string of the molecule is COc1cc2nc(Nc3ccc(N4CCOCC4)cc3)ncc2cc1/C(C=N)=C/N. The molecule has 0 amide bonds. The molecule has 4 N–H and O–H groups in total. The lowest BCUT2D eigenvalue weighted by Crippen LogP contribution is -2.36. The van der Waals surface area contributed by atoms with Crippen molar-refractivity contribution in [3.8, 4) is 5.75 Å². The summed E-state index contributed by atoms with van der Waals surface area (Å²) in [5, 5.41) is 11.6. The van der Waals surface area contributed by atoms with Gasteiger partial charge in [-0.05, 0) is 30.3 Å². The van der Waals surface area contributed by atoms with Crippen molar-refractivity contribution in [2.45, 2.75) is 0 Å². The van der Waals surface area contributed by atoms with E-state index in [4.69, 9.17) is 20.6 Å². The van der Waals surface area contributed by atoms with E-state index in [1.165, 1.54) is 18.1 Å². The summed E-state index contributed by atoms with van der Waals surface area (Å²) in [6.45, 7) is 3.34. The molecule has 0 radical (unpaired) electrons. The summed E-state index contributed by atoms with van der Waals surface area (Å²) in [6, 6.07) is 11.9. The number of hydrogen-bond donors (Lipinski definition) is 3. The van der Waals surface area contributed by atoms with Crippen molar-refractivity contribution in [3.05, 3.63) is 54.4 Å². The molecule has 0 bridgehead atoms. The first-order chi connectivity index (χ1) is 14.7. The zero-order valence-corrected chi connectivity index (χ0v) is 16.8. The highest BCUT2D eigenvalue weighted by atomic mass is 16.5. The van der Waals surface area contributed by atoms with Crippen LogP contribution in [0.4, 0.5) is 17.3 Å². The van der Waals surface area contributed by atoms with Crippen molar-refractivity contribution >= 4 is 40.0 Å². The number of rotatable bonds is 6. The lowest BCUT2D eigenvalue weighted by Gasteiger charge is -2.28. The first-order valence-corrected chi connectivity index (χ1v) is 9.69. The molecule has 3 aromatic rings. The average Bonchev–Trinajstić information content (AvgIpc) is 2.80. The van der Waals surface area contributed by atoms with Crippen LogP contribution >= 0.6 is 0 Å². The van der Waals surface area contributed by atoms with Gasteiger partial charge in [-0.3, -0.25) is 0 Å². The topological polar surface area (TPSA) is 109 Å². The number of fused-ring (bicyclic) bond motifs is 1. The molecule has 1 saturated heterocycles. The highest BCUT2D eigenvalue weighted by Gasteiger charge is 2.12. The number of allylic oxidation sites excluding steroid dienone is 1. The lowest BCUT2D eigenvalue weighted by molar-refractivity contribution is 0.122. The number of aromatic nitrogens is 2. The minimum absolute atomic E-state index is 0.498. The molecule has 0 saturated carbocycles. The smallest absolute Gasteiger partial charge is 0.227 e. The number of hydrogen-bond acceptors (Lipinski definition) is 8. The Kier molecular flexibility index (Phi) is 5.76. The minimum Gasteiger partial charge on any atom is -0.496 e. The molecule has 2 heterocycles. The first kappa shape index (κ1) is 19.7. The summed E-state index contributed by atoms with van der Waals surface area (Å²) >= 11 is 0. The van der Waals surface area contributed by atoms with Crippen molar-refractivity contribution < 1.29 is 9.47 Å². The Morgan fingerprint density at radius 1 is 1.23 bits per heavy atom. The number of nitrogens with two attached hydrogens (primary N) is 1. The Balaban J connectivity index is 1.57. The van der Waals surface area contributed by atoms with Crippen LogP contribution in [-0.4, -0.2) is 49.6 Å². The second-order valence-corrected chi connectivity index (χ2v) is 6.84. The van der Waals surface area contributed by atoms with E-state index in [1.54, 1.807) is 13.3 Å². The fourth-order valence-electron chi connectivity index (χ4n) is 3.44. The highest BCUT2D eigenvalue weighted by molar-refractivity contribution is 6.10. The third-order valence-corrected chi connectivity index (χ3v) is 5.05. The number of benzene rings is 2. The van der Waals surface area contributed by atoms with Gasteiger partial charge in [0.05, 0.1) is 25.8 Å². The Morgan fingerprint density at radius 3 is 2.67 bits per heavy atom. The Bertz CT molecular complexity index is 1070. The zero-order chi connectivity index (χ0) is 20.9. The van der Waals surface area contributed by atoms with Gasteiger partial charge < -0.3 is 30.8 Å². The number of anilines is 3. The molecule has 0 aliphatic carbocycles. The van der Waals surface area contributed by atoms with Gasteiger partial charge in [0.25, 0.3) is 0 Å². The van der Waals surface area contributed by atoms with E-state index in [9.17, 15) is 0 Å². The van der Waals surface area contributed by atoms with Crippen molar-refractivity contribution in [2.24, 2.45) is 5.73 Å². The van der Waals surface area contributed by atoms with Crippen LogP contribution in [0.25, 0.3) is 16.5 Å². The predicted molar refractivity (Wildman–Crippen MR) is 120 cm³/mol. The van der Waals surface area contributed by atoms with Gasteiger partial charge in [0, 0.05) is 65.7 Å². The van der Waals surface area contributed by atoms with Crippen LogP contribution in [-0.2, 0) is 4.74 Å². The van der Waals surface area contributed by atoms with E-state index in [1.807, 2.05) is 24.3 Å². The highest BCUT2D eigenvalue weighted by Crippen LogP contribution is 2.30. The number of methoxy groups -OCH3 is 1. The standard InChI is InChI=1S/C22H24N6O2/c1-29-21-11-20-15(10-19(21)16(12-23)13-24)14-25-22(27-20)26-17-2-4-18(5-3-17)28-6-8-30-9-7-28/h2-5,10-14,23H,6-9,24H2,1H3,(H,25,26,27)/b16-13+,23-12?. The largest absolute Gasteiger partial charge is 0.496 e. The van der Waals surface area contributed by atoms with Gasteiger partial charge in [0.2, 0.25) is 5.95 Å². The molecule has 4 rings (SSSR count). The van der Waals surface area contributed by atoms with Crippen LogP contribution in [0.3, 0.4) is 0 Å². The molecule has 8 nitrogen and oxygen atoms in total. The molecule has 154 valence electrons. The van der Waals surface area contributed by atoms with Crippen LogP contribution in [0.2, 0.25) is 0 Å². The molecule has 1 aliphatic heterocycles. The minimum atomic E-state index is 0.498. The van der Waals surface area contributed by atoms with E-state index in [2.05, 4.69) is 32.3 Å². The molecule has 30 heavy (non-hydrogen) atoms. The Morgan fingerprint density at radius 2 is 2.00 bits per heavy atom. The average molecular weight is 404 g/mol. The van der Waals surface area contributed by atoms with Gasteiger partial charge in [-0.1, -0.05) is 0 Å². The summed E-state index contributed by atoms with van der Waals surface area (Å²) < 4.78 is 10.9. The van der Waals surface area contributed by atoms with E-state index in [0.717, 1.165) is 48.5 Å². The molecule has 0 unspecified atom stereocenters. The lowest BCUT2D eigenvalue weighted by atomic mass is 10.0. The number of nitrogens with one attached hydrogen (secondary N) is 2. The van der Waals surface area contributed by atoms with Gasteiger partial charge in [-0.2, -0.15) is 0 Å². The molecular weight excluding hydrogens is 380 g/mol. The van der Waals surface area contributed by atoms with Crippen LogP contribution in [0.15, 0.2) is 48.8 Å². The maximum atomic E-state index is 7.54. The van der Waals surface area contributed by atoms with Gasteiger partial charge >= 0.3 is 0 Å². The third-order valence-electron chi connectivity index (χ3n) is 5.05. The van der Waals surface area contributed by atoms with Gasteiger partial charge in [0.1, 0.15) is 5.75 Å². The van der Waals surface area contributed by atoms with E-state index < -0.39 is 0 Å². The van der Waals surface area contributed by atoms with E-state index in [-0.39, 0.29) is 0 Å². The number of nitrogens with zero attached hydrogens (tertiary/aromatic N) is 3. The number of ether oxygens (including phenoxy) is 2. The van der Waals surface area contributed by atoms with Crippen molar-refractivity contribution in [1.82, 2.24) is 9.97 Å². The molecule has 0 atom stereocenters. The normalized spacial score (nSPS) is 14.6. The second kappa shape index (κ2) is 8.79. The van der Waals surface area contributed by atoms with Crippen molar-refractivity contribution in [3.63, 3.8) is 0 Å². The third kappa shape index (κ3) is 4.04. The van der Waals surface area contributed by atoms with Crippen LogP contribution in [0.5, 0.6) is 5.75 Å². The molecular formula is C22H24N6O2. The molecule has 1 aromatic heterocycles. The quantitative estimate of drug-likeness (QED) is 0.541.